The van der Waals surface area contributed by atoms with Gasteiger partial charge in [-0.3, -0.25) is 4.79 Å². The Hall–Kier alpha value is -2.29. The molecule has 0 aromatic heterocycles. The molecule has 0 fully saturated rings. The van der Waals surface area contributed by atoms with E-state index in [4.69, 9.17) is 4.74 Å². The smallest absolute Gasteiger partial charge is 0.265 e. The fraction of sp³-hybridized carbons (Fsp3) is 0.316. The molecule has 0 heterocycles. The van der Waals surface area contributed by atoms with Crippen molar-refractivity contribution < 1.29 is 9.53 Å². The fourth-order valence-electron chi connectivity index (χ4n) is 2.24. The molecule has 22 heavy (non-hydrogen) atoms. The third-order valence-electron chi connectivity index (χ3n) is 3.63. The van der Waals surface area contributed by atoms with Crippen LogP contribution >= 0.6 is 0 Å². The van der Waals surface area contributed by atoms with E-state index in [1.165, 1.54) is 11.1 Å². The Balaban J connectivity index is 1.99. The van der Waals surface area contributed by atoms with Crippen LogP contribution in [0.1, 0.15) is 30.5 Å². The van der Waals surface area contributed by atoms with E-state index in [2.05, 4.69) is 12.2 Å². The van der Waals surface area contributed by atoms with Gasteiger partial charge in [-0.15, -0.1) is 0 Å². The molecule has 3 heteroatoms. The Morgan fingerprint density at radius 2 is 1.82 bits per heavy atom. The fourth-order valence-corrected chi connectivity index (χ4v) is 2.24. The Morgan fingerprint density at radius 3 is 2.41 bits per heavy atom. The first-order valence-corrected chi connectivity index (χ1v) is 7.63. The quantitative estimate of drug-likeness (QED) is 0.895. The summed E-state index contributed by atoms with van der Waals surface area (Å²) < 4.78 is 5.77. The molecule has 0 unspecified atom stereocenters. The van der Waals surface area contributed by atoms with Crippen molar-refractivity contribution in [3.8, 4) is 5.75 Å². The highest BCUT2D eigenvalue weighted by Gasteiger charge is 2.15. The molecule has 2 aromatic carbocycles. The molecule has 0 bridgehead atoms. The van der Waals surface area contributed by atoms with E-state index >= 15 is 0 Å². The lowest BCUT2D eigenvalue weighted by molar-refractivity contribution is -0.122. The molecular weight excluding hydrogens is 274 g/mol. The first kappa shape index (κ1) is 16.1. The van der Waals surface area contributed by atoms with Gasteiger partial charge in [-0.05, 0) is 56.5 Å². The monoisotopic (exact) mass is 297 g/mol. The van der Waals surface area contributed by atoms with Gasteiger partial charge < -0.3 is 10.1 Å². The third-order valence-corrected chi connectivity index (χ3v) is 3.63. The van der Waals surface area contributed by atoms with Crippen molar-refractivity contribution in [3.05, 3.63) is 59.2 Å². The number of hydrogen-bond acceptors (Lipinski definition) is 2. The second-order valence-electron chi connectivity index (χ2n) is 5.57. The van der Waals surface area contributed by atoms with E-state index in [0.717, 1.165) is 23.4 Å². The van der Waals surface area contributed by atoms with Crippen molar-refractivity contribution >= 4 is 11.6 Å². The lowest BCUT2D eigenvalue weighted by Gasteiger charge is -2.16. The molecule has 1 amide bonds. The van der Waals surface area contributed by atoms with Gasteiger partial charge in [0.1, 0.15) is 5.75 Å². The van der Waals surface area contributed by atoms with Crippen molar-refractivity contribution in [3.63, 3.8) is 0 Å². The number of hydrogen-bond donors (Lipinski definition) is 1. The highest BCUT2D eigenvalue weighted by atomic mass is 16.5. The maximum Gasteiger partial charge on any atom is 0.265 e. The molecule has 0 saturated heterocycles. The molecule has 1 N–H and O–H groups in total. The van der Waals surface area contributed by atoms with Gasteiger partial charge in [0.25, 0.3) is 5.91 Å². The second-order valence-corrected chi connectivity index (χ2v) is 5.57. The summed E-state index contributed by atoms with van der Waals surface area (Å²) in [5.74, 6) is 0.596. The number of aryl methyl sites for hydroxylation is 3. The first-order valence-electron chi connectivity index (χ1n) is 7.63. The van der Waals surface area contributed by atoms with Crippen molar-refractivity contribution in [2.45, 2.75) is 40.2 Å². The summed E-state index contributed by atoms with van der Waals surface area (Å²) in [6.45, 7) is 7.88. The number of rotatable bonds is 5. The number of amides is 1. The average molecular weight is 297 g/mol. The van der Waals surface area contributed by atoms with E-state index in [0.29, 0.717) is 0 Å². The number of nitrogens with one attached hydrogen (secondary N) is 1. The summed E-state index contributed by atoms with van der Waals surface area (Å²) in [6, 6.07) is 13.8. The summed E-state index contributed by atoms with van der Waals surface area (Å²) in [5, 5.41) is 2.88. The van der Waals surface area contributed by atoms with Gasteiger partial charge in [0.05, 0.1) is 0 Å². The summed E-state index contributed by atoms with van der Waals surface area (Å²) in [5.41, 5.74) is 4.25. The van der Waals surface area contributed by atoms with Crippen LogP contribution in [0.5, 0.6) is 5.75 Å². The molecule has 1 atom stereocenters. The number of anilines is 1. The largest absolute Gasteiger partial charge is 0.481 e. The van der Waals surface area contributed by atoms with Crippen LogP contribution in [0.2, 0.25) is 0 Å². The van der Waals surface area contributed by atoms with Crippen molar-refractivity contribution in [2.75, 3.05) is 5.32 Å². The van der Waals surface area contributed by atoms with Crippen molar-refractivity contribution in [1.29, 1.82) is 0 Å². The van der Waals surface area contributed by atoms with Crippen LogP contribution in [-0.2, 0) is 11.2 Å². The number of ether oxygens (including phenoxy) is 1. The summed E-state index contributed by atoms with van der Waals surface area (Å²) in [6.07, 6.45) is 0.438. The molecule has 0 aliphatic rings. The lowest BCUT2D eigenvalue weighted by Crippen LogP contribution is -2.30. The minimum Gasteiger partial charge on any atom is -0.481 e. The summed E-state index contributed by atoms with van der Waals surface area (Å²) in [7, 11) is 0. The molecular formula is C19H23NO2. The molecule has 116 valence electrons. The third kappa shape index (κ3) is 4.10. The van der Waals surface area contributed by atoms with Gasteiger partial charge >= 0.3 is 0 Å². The van der Waals surface area contributed by atoms with E-state index in [9.17, 15) is 4.79 Å². The van der Waals surface area contributed by atoms with Crippen molar-refractivity contribution in [1.82, 2.24) is 0 Å². The van der Waals surface area contributed by atoms with Crippen LogP contribution in [0.4, 0.5) is 5.69 Å². The molecule has 0 saturated carbocycles. The maximum atomic E-state index is 12.2. The highest BCUT2D eigenvalue weighted by Crippen LogP contribution is 2.20. The van der Waals surface area contributed by atoms with Gasteiger partial charge in [-0.1, -0.05) is 36.8 Å². The zero-order valence-electron chi connectivity index (χ0n) is 13.6. The van der Waals surface area contributed by atoms with E-state index < -0.39 is 6.10 Å². The van der Waals surface area contributed by atoms with Gasteiger partial charge in [0.15, 0.2) is 6.10 Å². The zero-order valence-corrected chi connectivity index (χ0v) is 13.6. The minimum absolute atomic E-state index is 0.149. The van der Waals surface area contributed by atoms with Crippen molar-refractivity contribution in [2.24, 2.45) is 0 Å². The van der Waals surface area contributed by atoms with E-state index in [-0.39, 0.29) is 5.91 Å². The second kappa shape index (κ2) is 7.12. The van der Waals surface area contributed by atoms with Gasteiger partial charge in [-0.25, -0.2) is 0 Å². The van der Waals surface area contributed by atoms with Crippen LogP contribution in [0.3, 0.4) is 0 Å². The predicted octanol–water partition coefficient (Wildman–Crippen LogP) is 4.27. The van der Waals surface area contributed by atoms with Gasteiger partial charge in [-0.2, -0.15) is 0 Å². The van der Waals surface area contributed by atoms with E-state index in [1.54, 1.807) is 6.92 Å². The molecule has 0 aliphatic carbocycles. The van der Waals surface area contributed by atoms with Crippen LogP contribution in [-0.4, -0.2) is 12.0 Å². The number of benzene rings is 2. The highest BCUT2D eigenvalue weighted by molar-refractivity contribution is 5.94. The lowest BCUT2D eigenvalue weighted by atomic mass is 10.1. The standard InChI is InChI=1S/C19H23NO2/c1-5-16-7-9-17(10-8-16)20-19(21)15(4)22-18-11-6-13(2)12-14(18)3/h6-12,15H,5H2,1-4H3,(H,20,21)/t15-/m1/s1. The molecule has 2 rings (SSSR count). The molecule has 3 nitrogen and oxygen atoms in total. The van der Waals surface area contributed by atoms with Crippen LogP contribution < -0.4 is 10.1 Å². The SMILES string of the molecule is CCc1ccc(NC(=O)[C@@H](C)Oc2ccc(C)cc2C)cc1. The number of carbonyl (C=O) groups excluding carboxylic acids is 1. The first-order chi connectivity index (χ1) is 10.5. The predicted molar refractivity (Wildman–Crippen MR) is 90.5 cm³/mol. The average Bonchev–Trinajstić information content (AvgIpc) is 2.50. The van der Waals surface area contributed by atoms with Crippen LogP contribution in [0.15, 0.2) is 42.5 Å². The molecule has 2 aromatic rings. The summed E-state index contributed by atoms with van der Waals surface area (Å²) in [4.78, 5) is 12.2. The Labute approximate surface area is 132 Å². The van der Waals surface area contributed by atoms with Crippen LogP contribution in [0.25, 0.3) is 0 Å². The number of carbonyl (C=O) groups is 1. The molecule has 0 aliphatic heterocycles. The Morgan fingerprint density at radius 1 is 1.14 bits per heavy atom. The normalized spacial score (nSPS) is 11.8. The van der Waals surface area contributed by atoms with E-state index in [1.807, 2.05) is 56.3 Å². The van der Waals surface area contributed by atoms with Gasteiger partial charge in [0.2, 0.25) is 0 Å². The minimum atomic E-state index is -0.549. The van der Waals surface area contributed by atoms with Gasteiger partial charge in [0, 0.05) is 5.69 Å². The Bertz CT molecular complexity index is 647. The zero-order chi connectivity index (χ0) is 16.1. The Kier molecular flexibility index (Phi) is 5.21. The topological polar surface area (TPSA) is 38.3 Å². The molecule has 0 spiro atoms. The van der Waals surface area contributed by atoms with Crippen LogP contribution in [0, 0.1) is 13.8 Å². The maximum absolute atomic E-state index is 12.2. The summed E-state index contributed by atoms with van der Waals surface area (Å²) >= 11 is 0. The molecule has 0 radical (unpaired) electrons.